The van der Waals surface area contributed by atoms with Gasteiger partial charge in [0.15, 0.2) is 5.92 Å². The number of methoxy groups -OCH3 is 2. The van der Waals surface area contributed by atoms with E-state index in [9.17, 15) is 9.59 Å². The molecule has 1 aliphatic heterocycles. The average molecular weight is 331 g/mol. The van der Waals surface area contributed by atoms with E-state index in [-0.39, 0.29) is 6.04 Å². The lowest BCUT2D eigenvalue weighted by atomic mass is 9.93. The third-order valence-electron chi connectivity index (χ3n) is 5.39. The highest BCUT2D eigenvalue weighted by Crippen LogP contribution is 2.42. The van der Waals surface area contributed by atoms with Gasteiger partial charge in [0.1, 0.15) is 0 Å². The zero-order valence-electron chi connectivity index (χ0n) is 14.4. The zero-order chi connectivity index (χ0) is 17.1. The Hall–Kier alpha value is -1.88. The largest absolute Gasteiger partial charge is 0.468 e. The first-order chi connectivity index (χ1) is 11.7. The van der Waals surface area contributed by atoms with Gasteiger partial charge in [-0.25, -0.2) is 0 Å². The Balaban J connectivity index is 1.88. The minimum atomic E-state index is -0.875. The van der Waals surface area contributed by atoms with E-state index < -0.39 is 17.9 Å². The van der Waals surface area contributed by atoms with Crippen LogP contribution in [-0.4, -0.2) is 37.1 Å². The van der Waals surface area contributed by atoms with Gasteiger partial charge in [-0.1, -0.05) is 37.1 Å². The van der Waals surface area contributed by atoms with E-state index in [1.807, 2.05) is 12.1 Å². The molecule has 0 N–H and O–H groups in total. The number of carbonyl (C=O) groups excluding carboxylic acids is 2. The number of hydrogen-bond acceptors (Lipinski definition) is 5. The SMILES string of the molecule is COC(=O)C(CC1c2ccccc2CN1C1CCCC1)C(=O)OC. The van der Waals surface area contributed by atoms with Gasteiger partial charge >= 0.3 is 11.9 Å². The highest BCUT2D eigenvalue weighted by molar-refractivity contribution is 5.94. The summed E-state index contributed by atoms with van der Waals surface area (Å²) in [4.78, 5) is 26.7. The van der Waals surface area contributed by atoms with Crippen molar-refractivity contribution in [2.24, 2.45) is 5.92 Å². The van der Waals surface area contributed by atoms with Crippen molar-refractivity contribution in [3.8, 4) is 0 Å². The van der Waals surface area contributed by atoms with Gasteiger partial charge in [0.2, 0.25) is 0 Å². The maximum atomic E-state index is 12.1. The highest BCUT2D eigenvalue weighted by atomic mass is 16.5. The lowest BCUT2D eigenvalue weighted by molar-refractivity contribution is -0.159. The van der Waals surface area contributed by atoms with Crippen LogP contribution in [0.5, 0.6) is 0 Å². The first-order valence-electron chi connectivity index (χ1n) is 8.65. The first kappa shape index (κ1) is 17.0. The molecule has 2 aliphatic rings. The predicted octanol–water partition coefficient (Wildman–Crippen LogP) is 2.84. The molecule has 1 saturated carbocycles. The molecule has 1 aromatic carbocycles. The summed E-state index contributed by atoms with van der Waals surface area (Å²) in [5, 5.41) is 0. The molecule has 0 radical (unpaired) electrons. The fourth-order valence-electron chi connectivity index (χ4n) is 4.17. The van der Waals surface area contributed by atoms with Crippen molar-refractivity contribution in [3.63, 3.8) is 0 Å². The topological polar surface area (TPSA) is 55.8 Å². The van der Waals surface area contributed by atoms with Crippen LogP contribution >= 0.6 is 0 Å². The number of esters is 2. The Bertz CT molecular complexity index is 593. The van der Waals surface area contributed by atoms with E-state index in [1.165, 1.54) is 51.0 Å². The Morgan fingerprint density at radius 2 is 1.75 bits per heavy atom. The van der Waals surface area contributed by atoms with Gasteiger partial charge in [-0.3, -0.25) is 14.5 Å². The molecule has 0 bridgehead atoms. The summed E-state index contributed by atoms with van der Waals surface area (Å²) in [6.45, 7) is 0.889. The van der Waals surface area contributed by atoms with E-state index in [0.29, 0.717) is 12.5 Å². The maximum Gasteiger partial charge on any atom is 0.320 e. The summed E-state index contributed by atoms with van der Waals surface area (Å²) >= 11 is 0. The molecule has 0 aromatic heterocycles. The van der Waals surface area contributed by atoms with Crippen molar-refractivity contribution in [3.05, 3.63) is 35.4 Å². The van der Waals surface area contributed by atoms with Gasteiger partial charge in [0.25, 0.3) is 0 Å². The summed E-state index contributed by atoms with van der Waals surface area (Å²) in [5.74, 6) is -1.91. The minimum absolute atomic E-state index is 0.0625. The summed E-state index contributed by atoms with van der Waals surface area (Å²) in [5.41, 5.74) is 2.52. The van der Waals surface area contributed by atoms with Crippen molar-refractivity contribution in [2.45, 2.75) is 50.7 Å². The van der Waals surface area contributed by atoms with Crippen LogP contribution in [0.3, 0.4) is 0 Å². The van der Waals surface area contributed by atoms with Crippen LogP contribution in [0.4, 0.5) is 0 Å². The van der Waals surface area contributed by atoms with Crippen LogP contribution in [0, 0.1) is 5.92 Å². The minimum Gasteiger partial charge on any atom is -0.468 e. The number of fused-ring (bicyclic) bond motifs is 1. The number of benzene rings is 1. The molecule has 130 valence electrons. The van der Waals surface area contributed by atoms with Crippen LogP contribution in [0.25, 0.3) is 0 Å². The second-order valence-corrected chi connectivity index (χ2v) is 6.66. The Kier molecular flexibility index (Phi) is 5.19. The monoisotopic (exact) mass is 331 g/mol. The van der Waals surface area contributed by atoms with Crippen molar-refractivity contribution in [1.29, 1.82) is 0 Å². The van der Waals surface area contributed by atoms with Crippen molar-refractivity contribution >= 4 is 11.9 Å². The van der Waals surface area contributed by atoms with Crippen molar-refractivity contribution in [2.75, 3.05) is 14.2 Å². The second kappa shape index (κ2) is 7.34. The first-order valence-corrected chi connectivity index (χ1v) is 8.65. The molecule has 24 heavy (non-hydrogen) atoms. The van der Waals surface area contributed by atoms with Crippen LogP contribution < -0.4 is 0 Å². The molecule has 1 aromatic rings. The second-order valence-electron chi connectivity index (χ2n) is 6.66. The average Bonchev–Trinajstić information content (AvgIpc) is 3.26. The normalized spacial score (nSPS) is 21.0. The van der Waals surface area contributed by atoms with E-state index in [1.54, 1.807) is 0 Å². The van der Waals surface area contributed by atoms with Gasteiger partial charge in [-0.05, 0) is 30.4 Å². The zero-order valence-corrected chi connectivity index (χ0v) is 14.4. The van der Waals surface area contributed by atoms with Gasteiger partial charge in [0, 0.05) is 18.6 Å². The number of ether oxygens (including phenoxy) is 2. The number of nitrogens with zero attached hydrogens (tertiary/aromatic N) is 1. The fourth-order valence-corrected chi connectivity index (χ4v) is 4.17. The van der Waals surface area contributed by atoms with Crippen LogP contribution in [-0.2, 0) is 25.6 Å². The molecule has 1 fully saturated rings. The van der Waals surface area contributed by atoms with Gasteiger partial charge in [-0.15, -0.1) is 0 Å². The summed E-state index contributed by atoms with van der Waals surface area (Å²) in [6, 6.07) is 8.91. The van der Waals surface area contributed by atoms with E-state index >= 15 is 0 Å². The molecular formula is C19H25NO4. The molecular weight excluding hydrogens is 306 g/mol. The molecule has 1 atom stereocenters. The molecule has 5 heteroatoms. The van der Waals surface area contributed by atoms with Crippen LogP contribution in [0.1, 0.15) is 49.3 Å². The standard InChI is InChI=1S/C19H25NO4/c1-23-18(21)16(19(22)24-2)11-17-15-10-6-3-7-13(15)12-20(17)14-8-4-5-9-14/h3,6-7,10,14,16-17H,4-5,8-9,11-12H2,1-2H3. The molecule has 1 aliphatic carbocycles. The molecule has 3 rings (SSSR count). The van der Waals surface area contributed by atoms with E-state index in [4.69, 9.17) is 9.47 Å². The number of rotatable bonds is 5. The smallest absolute Gasteiger partial charge is 0.320 e. The fraction of sp³-hybridized carbons (Fsp3) is 0.579. The Labute approximate surface area is 142 Å². The van der Waals surface area contributed by atoms with Gasteiger partial charge in [-0.2, -0.15) is 0 Å². The lowest BCUT2D eigenvalue weighted by Crippen LogP contribution is -2.36. The number of carbonyl (C=O) groups is 2. The molecule has 1 heterocycles. The van der Waals surface area contributed by atoms with Gasteiger partial charge in [0.05, 0.1) is 14.2 Å². The predicted molar refractivity (Wildman–Crippen MR) is 89.1 cm³/mol. The summed E-state index contributed by atoms with van der Waals surface area (Å²) < 4.78 is 9.67. The number of hydrogen-bond donors (Lipinski definition) is 0. The van der Waals surface area contributed by atoms with E-state index in [0.717, 1.165) is 6.54 Å². The van der Waals surface area contributed by atoms with E-state index in [2.05, 4.69) is 17.0 Å². The Morgan fingerprint density at radius 3 is 2.38 bits per heavy atom. The maximum absolute atomic E-state index is 12.1. The van der Waals surface area contributed by atoms with Crippen LogP contribution in [0.15, 0.2) is 24.3 Å². The van der Waals surface area contributed by atoms with Crippen molar-refractivity contribution in [1.82, 2.24) is 4.90 Å². The highest BCUT2D eigenvalue weighted by Gasteiger charge is 2.40. The third-order valence-corrected chi connectivity index (χ3v) is 5.39. The summed E-state index contributed by atoms with van der Waals surface area (Å²) in [7, 11) is 2.63. The summed E-state index contributed by atoms with van der Waals surface area (Å²) in [6.07, 6.45) is 5.29. The quantitative estimate of drug-likeness (QED) is 0.613. The molecule has 5 nitrogen and oxygen atoms in total. The lowest BCUT2D eigenvalue weighted by Gasteiger charge is -2.32. The van der Waals surface area contributed by atoms with Crippen molar-refractivity contribution < 1.29 is 19.1 Å². The molecule has 0 saturated heterocycles. The molecule has 0 spiro atoms. The molecule has 0 amide bonds. The third kappa shape index (κ3) is 3.18. The van der Waals surface area contributed by atoms with Gasteiger partial charge < -0.3 is 9.47 Å². The Morgan fingerprint density at radius 1 is 1.12 bits per heavy atom. The molecule has 1 unspecified atom stereocenters. The van der Waals surface area contributed by atoms with Crippen LogP contribution in [0.2, 0.25) is 0 Å².